The highest BCUT2D eigenvalue weighted by molar-refractivity contribution is 5.35. The van der Waals surface area contributed by atoms with Gasteiger partial charge in [-0.25, -0.2) is 9.97 Å². The molecule has 5 nitrogen and oxygen atoms in total. The molecule has 0 aromatic carbocycles. The minimum absolute atomic E-state index is 0.656. The minimum atomic E-state index is 0.656. The molecule has 0 spiro atoms. The fourth-order valence-electron chi connectivity index (χ4n) is 2.49. The van der Waals surface area contributed by atoms with Gasteiger partial charge in [-0.15, -0.1) is 0 Å². The Hall–Kier alpha value is -1.20. The first-order chi connectivity index (χ1) is 8.86. The Balaban J connectivity index is 1.54. The first-order valence-electron chi connectivity index (χ1n) is 6.74. The van der Waals surface area contributed by atoms with E-state index in [2.05, 4.69) is 26.7 Å². The SMILES string of the molecule is CCc1cnc(N2CC(N3CCOCC3)C2)nc1. The molecular weight excluding hydrogens is 228 g/mol. The van der Waals surface area contributed by atoms with Gasteiger partial charge in [-0.05, 0) is 12.0 Å². The fourth-order valence-corrected chi connectivity index (χ4v) is 2.49. The largest absolute Gasteiger partial charge is 0.379 e. The van der Waals surface area contributed by atoms with Crippen LogP contribution in [0.5, 0.6) is 0 Å². The Morgan fingerprint density at radius 1 is 1.22 bits per heavy atom. The van der Waals surface area contributed by atoms with Crippen LogP contribution in [-0.2, 0) is 11.2 Å². The van der Waals surface area contributed by atoms with Crippen LogP contribution in [0.15, 0.2) is 12.4 Å². The Bertz CT molecular complexity index is 382. The van der Waals surface area contributed by atoms with Crippen LogP contribution in [0.3, 0.4) is 0 Å². The third-order valence-corrected chi connectivity index (χ3v) is 3.81. The Labute approximate surface area is 108 Å². The van der Waals surface area contributed by atoms with Crippen LogP contribution in [-0.4, -0.2) is 60.3 Å². The molecule has 0 bridgehead atoms. The standard InChI is InChI=1S/C13H20N4O/c1-2-11-7-14-13(15-8-11)17-9-12(10-17)16-3-5-18-6-4-16/h7-8,12H,2-6,9-10H2,1H3. The second kappa shape index (κ2) is 5.20. The number of morpholine rings is 1. The van der Waals surface area contributed by atoms with Gasteiger partial charge in [0.05, 0.1) is 13.2 Å². The molecule has 1 aromatic heterocycles. The number of rotatable bonds is 3. The van der Waals surface area contributed by atoms with Crippen LogP contribution in [0, 0.1) is 0 Å². The van der Waals surface area contributed by atoms with Crippen LogP contribution in [0.4, 0.5) is 5.95 Å². The number of hydrogen-bond donors (Lipinski definition) is 0. The number of aromatic nitrogens is 2. The molecule has 0 atom stereocenters. The molecule has 3 heterocycles. The lowest BCUT2D eigenvalue weighted by Crippen LogP contribution is -2.62. The van der Waals surface area contributed by atoms with Crippen LogP contribution >= 0.6 is 0 Å². The Morgan fingerprint density at radius 2 is 1.89 bits per heavy atom. The van der Waals surface area contributed by atoms with E-state index in [1.807, 2.05) is 12.4 Å². The first kappa shape index (κ1) is 11.9. The van der Waals surface area contributed by atoms with Gasteiger partial charge in [-0.2, -0.15) is 0 Å². The van der Waals surface area contributed by atoms with Crippen molar-refractivity contribution < 1.29 is 4.74 Å². The van der Waals surface area contributed by atoms with Crippen molar-refractivity contribution in [2.45, 2.75) is 19.4 Å². The quantitative estimate of drug-likeness (QED) is 0.782. The molecular formula is C13H20N4O. The zero-order valence-corrected chi connectivity index (χ0v) is 10.9. The molecule has 2 fully saturated rings. The molecule has 0 unspecified atom stereocenters. The summed E-state index contributed by atoms with van der Waals surface area (Å²) in [5, 5.41) is 0. The monoisotopic (exact) mass is 248 g/mol. The highest BCUT2D eigenvalue weighted by Crippen LogP contribution is 2.20. The number of nitrogens with zero attached hydrogens (tertiary/aromatic N) is 4. The molecule has 2 aliphatic rings. The lowest BCUT2D eigenvalue weighted by Gasteiger charge is -2.46. The van der Waals surface area contributed by atoms with E-state index in [1.165, 1.54) is 5.56 Å². The van der Waals surface area contributed by atoms with Gasteiger partial charge < -0.3 is 9.64 Å². The van der Waals surface area contributed by atoms with Crippen molar-refractivity contribution in [1.82, 2.24) is 14.9 Å². The van der Waals surface area contributed by atoms with Gasteiger partial charge in [0.1, 0.15) is 0 Å². The van der Waals surface area contributed by atoms with E-state index in [0.717, 1.165) is 51.8 Å². The maximum Gasteiger partial charge on any atom is 0.225 e. The van der Waals surface area contributed by atoms with E-state index in [4.69, 9.17) is 4.74 Å². The minimum Gasteiger partial charge on any atom is -0.379 e. The van der Waals surface area contributed by atoms with E-state index in [9.17, 15) is 0 Å². The zero-order valence-electron chi connectivity index (χ0n) is 10.9. The predicted molar refractivity (Wildman–Crippen MR) is 69.8 cm³/mol. The summed E-state index contributed by atoms with van der Waals surface area (Å²) in [6.07, 6.45) is 4.87. The average molecular weight is 248 g/mol. The lowest BCUT2D eigenvalue weighted by molar-refractivity contribution is 0.0103. The molecule has 0 saturated carbocycles. The van der Waals surface area contributed by atoms with E-state index in [1.54, 1.807) is 0 Å². The number of ether oxygens (including phenoxy) is 1. The van der Waals surface area contributed by atoms with Crippen molar-refractivity contribution >= 4 is 5.95 Å². The van der Waals surface area contributed by atoms with Crippen LogP contribution in [0.25, 0.3) is 0 Å². The van der Waals surface area contributed by atoms with Gasteiger partial charge in [0.25, 0.3) is 0 Å². The van der Waals surface area contributed by atoms with E-state index in [0.29, 0.717) is 6.04 Å². The van der Waals surface area contributed by atoms with Crippen molar-refractivity contribution in [2.75, 3.05) is 44.3 Å². The summed E-state index contributed by atoms with van der Waals surface area (Å²) in [5.41, 5.74) is 1.20. The van der Waals surface area contributed by atoms with Gasteiger partial charge in [-0.1, -0.05) is 6.92 Å². The summed E-state index contributed by atoms with van der Waals surface area (Å²) >= 11 is 0. The van der Waals surface area contributed by atoms with Crippen molar-refractivity contribution in [1.29, 1.82) is 0 Å². The number of hydrogen-bond acceptors (Lipinski definition) is 5. The second-order valence-corrected chi connectivity index (χ2v) is 4.95. The smallest absolute Gasteiger partial charge is 0.225 e. The molecule has 0 aliphatic carbocycles. The molecule has 2 saturated heterocycles. The topological polar surface area (TPSA) is 41.5 Å². The van der Waals surface area contributed by atoms with Crippen molar-refractivity contribution in [3.63, 3.8) is 0 Å². The molecule has 18 heavy (non-hydrogen) atoms. The normalized spacial score (nSPS) is 21.9. The molecule has 2 aliphatic heterocycles. The van der Waals surface area contributed by atoms with Crippen LogP contribution in [0.1, 0.15) is 12.5 Å². The Morgan fingerprint density at radius 3 is 2.50 bits per heavy atom. The first-order valence-corrected chi connectivity index (χ1v) is 6.74. The highest BCUT2D eigenvalue weighted by Gasteiger charge is 2.33. The Kier molecular flexibility index (Phi) is 3.43. The van der Waals surface area contributed by atoms with E-state index >= 15 is 0 Å². The average Bonchev–Trinajstić information content (AvgIpc) is 2.39. The lowest BCUT2D eigenvalue weighted by atomic mass is 10.1. The van der Waals surface area contributed by atoms with Gasteiger partial charge in [0.15, 0.2) is 0 Å². The van der Waals surface area contributed by atoms with Crippen molar-refractivity contribution in [2.24, 2.45) is 0 Å². The molecule has 98 valence electrons. The summed E-state index contributed by atoms with van der Waals surface area (Å²) in [6.45, 7) is 8.09. The number of anilines is 1. The van der Waals surface area contributed by atoms with Crippen molar-refractivity contribution in [3.05, 3.63) is 18.0 Å². The predicted octanol–water partition coefficient (Wildman–Crippen LogP) is 0.560. The summed E-state index contributed by atoms with van der Waals surface area (Å²) in [6, 6.07) is 0.656. The molecule has 3 rings (SSSR count). The maximum atomic E-state index is 5.38. The van der Waals surface area contributed by atoms with Gasteiger partial charge in [0, 0.05) is 44.6 Å². The molecule has 1 aromatic rings. The number of aryl methyl sites for hydroxylation is 1. The van der Waals surface area contributed by atoms with Crippen molar-refractivity contribution in [3.8, 4) is 0 Å². The van der Waals surface area contributed by atoms with Crippen LogP contribution < -0.4 is 4.90 Å². The molecule has 5 heteroatoms. The maximum absolute atomic E-state index is 5.38. The molecule has 0 amide bonds. The molecule has 0 N–H and O–H groups in total. The third-order valence-electron chi connectivity index (χ3n) is 3.81. The summed E-state index contributed by atoms with van der Waals surface area (Å²) < 4.78 is 5.38. The van der Waals surface area contributed by atoms with Gasteiger partial charge in [0.2, 0.25) is 5.95 Å². The summed E-state index contributed by atoms with van der Waals surface area (Å²) in [4.78, 5) is 13.6. The highest BCUT2D eigenvalue weighted by atomic mass is 16.5. The summed E-state index contributed by atoms with van der Waals surface area (Å²) in [5.74, 6) is 0.872. The third kappa shape index (κ3) is 2.33. The zero-order chi connectivity index (χ0) is 12.4. The summed E-state index contributed by atoms with van der Waals surface area (Å²) in [7, 11) is 0. The molecule has 0 radical (unpaired) electrons. The fraction of sp³-hybridized carbons (Fsp3) is 0.692. The van der Waals surface area contributed by atoms with Gasteiger partial charge >= 0.3 is 0 Å². The second-order valence-electron chi connectivity index (χ2n) is 4.95. The van der Waals surface area contributed by atoms with E-state index in [-0.39, 0.29) is 0 Å². The van der Waals surface area contributed by atoms with Gasteiger partial charge in [-0.3, -0.25) is 4.90 Å². The van der Waals surface area contributed by atoms with E-state index < -0.39 is 0 Å². The van der Waals surface area contributed by atoms with Crippen LogP contribution in [0.2, 0.25) is 0 Å².